The molecule has 1 saturated carbocycles. The first-order chi connectivity index (χ1) is 10.2. The van der Waals surface area contributed by atoms with E-state index in [1.807, 2.05) is 0 Å². The van der Waals surface area contributed by atoms with Crippen molar-refractivity contribution in [3.63, 3.8) is 0 Å². The van der Waals surface area contributed by atoms with E-state index in [1.54, 1.807) is 0 Å². The first kappa shape index (κ1) is 18.9. The summed E-state index contributed by atoms with van der Waals surface area (Å²) in [7, 11) is 0. The first-order valence-electron chi connectivity index (χ1n) is 9.20. The van der Waals surface area contributed by atoms with Crippen LogP contribution in [-0.4, -0.2) is 36.5 Å². The van der Waals surface area contributed by atoms with E-state index in [2.05, 4.69) is 26.1 Å². The van der Waals surface area contributed by atoms with Crippen molar-refractivity contribution in [1.82, 2.24) is 5.32 Å². The third-order valence-corrected chi connectivity index (χ3v) is 4.81. The van der Waals surface area contributed by atoms with Crippen molar-refractivity contribution in [2.45, 2.75) is 96.8 Å². The van der Waals surface area contributed by atoms with Gasteiger partial charge in [0.05, 0.1) is 18.8 Å². The molecule has 1 rings (SSSR count). The summed E-state index contributed by atoms with van der Waals surface area (Å²) in [6, 6.07) is 0.490. The van der Waals surface area contributed by atoms with Gasteiger partial charge < -0.3 is 15.2 Å². The number of rotatable bonds is 11. The maximum atomic E-state index is 10.1. The predicted octanol–water partition coefficient (Wildman–Crippen LogP) is 3.89. The van der Waals surface area contributed by atoms with Crippen molar-refractivity contribution < 1.29 is 9.84 Å². The van der Waals surface area contributed by atoms with E-state index in [-0.39, 0.29) is 6.10 Å². The highest BCUT2D eigenvalue weighted by Crippen LogP contribution is 2.29. The van der Waals surface area contributed by atoms with Crippen LogP contribution in [0.15, 0.2) is 0 Å². The molecule has 0 aromatic heterocycles. The zero-order valence-corrected chi connectivity index (χ0v) is 14.4. The average Bonchev–Trinajstić information content (AvgIpc) is 2.51. The summed E-state index contributed by atoms with van der Waals surface area (Å²) in [5, 5.41) is 13.5. The van der Waals surface area contributed by atoms with Gasteiger partial charge in [-0.15, -0.1) is 0 Å². The molecule has 2 N–H and O–H groups in total. The predicted molar refractivity (Wildman–Crippen MR) is 89.6 cm³/mol. The Morgan fingerprint density at radius 2 is 1.95 bits per heavy atom. The Labute approximate surface area is 131 Å². The minimum absolute atomic E-state index is 0.375. The van der Waals surface area contributed by atoms with Crippen LogP contribution in [0.25, 0.3) is 0 Å². The molecule has 3 heteroatoms. The van der Waals surface area contributed by atoms with Crippen molar-refractivity contribution in [1.29, 1.82) is 0 Å². The lowest BCUT2D eigenvalue weighted by Crippen LogP contribution is -2.38. The minimum atomic E-state index is -0.377. The largest absolute Gasteiger partial charge is 0.389 e. The first-order valence-corrected chi connectivity index (χ1v) is 9.20. The molecule has 0 heterocycles. The summed E-state index contributed by atoms with van der Waals surface area (Å²) in [6.07, 6.45) is 11.3. The lowest BCUT2D eigenvalue weighted by atomic mass is 9.85. The Kier molecular flexibility index (Phi) is 10.3. The molecule has 1 fully saturated rings. The van der Waals surface area contributed by atoms with Crippen LogP contribution >= 0.6 is 0 Å². The van der Waals surface area contributed by atoms with E-state index in [9.17, 15) is 5.11 Å². The van der Waals surface area contributed by atoms with Crippen LogP contribution in [-0.2, 0) is 4.74 Å². The Morgan fingerprint density at radius 1 is 1.19 bits per heavy atom. The van der Waals surface area contributed by atoms with Gasteiger partial charge in [0.1, 0.15) is 0 Å². The molecular formula is C18H37NO2. The van der Waals surface area contributed by atoms with Crippen LogP contribution in [0.5, 0.6) is 0 Å². The molecule has 4 unspecified atom stereocenters. The molecule has 0 spiro atoms. The smallest absolute Gasteiger partial charge is 0.0897 e. The van der Waals surface area contributed by atoms with Crippen molar-refractivity contribution in [3.8, 4) is 0 Å². The number of ether oxygens (including phenoxy) is 1. The lowest BCUT2D eigenvalue weighted by Gasteiger charge is -2.31. The van der Waals surface area contributed by atoms with Gasteiger partial charge in [0.25, 0.3) is 0 Å². The van der Waals surface area contributed by atoms with Crippen LogP contribution in [0.3, 0.4) is 0 Å². The summed E-state index contributed by atoms with van der Waals surface area (Å²) >= 11 is 0. The second-order valence-corrected chi connectivity index (χ2v) is 6.78. The number of aliphatic hydroxyl groups excluding tert-OH is 1. The topological polar surface area (TPSA) is 41.5 Å². The van der Waals surface area contributed by atoms with Gasteiger partial charge in [0.2, 0.25) is 0 Å². The fourth-order valence-electron chi connectivity index (χ4n) is 3.29. The Morgan fingerprint density at radius 3 is 2.67 bits per heavy atom. The molecule has 0 radical (unpaired) electrons. The van der Waals surface area contributed by atoms with Gasteiger partial charge in [-0.3, -0.25) is 0 Å². The zero-order chi connectivity index (χ0) is 15.5. The highest BCUT2D eigenvalue weighted by atomic mass is 16.5. The van der Waals surface area contributed by atoms with E-state index in [1.165, 1.54) is 57.8 Å². The number of aliphatic hydroxyl groups is 1. The van der Waals surface area contributed by atoms with Crippen LogP contribution in [0.2, 0.25) is 0 Å². The van der Waals surface area contributed by atoms with Gasteiger partial charge in [-0.2, -0.15) is 0 Å². The summed E-state index contributed by atoms with van der Waals surface area (Å²) in [6.45, 7) is 7.82. The Bertz CT molecular complexity index is 247. The summed E-state index contributed by atoms with van der Waals surface area (Å²) < 4.78 is 5.99. The SMILES string of the molecule is CCCCCC(C)NCC(O)COC1CCCCC1CC. The van der Waals surface area contributed by atoms with E-state index < -0.39 is 0 Å². The maximum Gasteiger partial charge on any atom is 0.0897 e. The van der Waals surface area contributed by atoms with Crippen LogP contribution in [0.4, 0.5) is 0 Å². The minimum Gasteiger partial charge on any atom is -0.389 e. The van der Waals surface area contributed by atoms with E-state index in [0.717, 1.165) is 0 Å². The summed E-state index contributed by atoms with van der Waals surface area (Å²) in [4.78, 5) is 0. The van der Waals surface area contributed by atoms with Gasteiger partial charge in [-0.1, -0.05) is 52.4 Å². The van der Waals surface area contributed by atoms with Gasteiger partial charge in [-0.25, -0.2) is 0 Å². The molecule has 1 aliphatic rings. The summed E-state index contributed by atoms with van der Waals surface area (Å²) in [5.74, 6) is 0.701. The van der Waals surface area contributed by atoms with Gasteiger partial charge >= 0.3 is 0 Å². The molecule has 0 aromatic rings. The Hall–Kier alpha value is -0.120. The third-order valence-electron chi connectivity index (χ3n) is 4.81. The van der Waals surface area contributed by atoms with E-state index in [0.29, 0.717) is 31.2 Å². The third kappa shape index (κ3) is 8.18. The van der Waals surface area contributed by atoms with E-state index >= 15 is 0 Å². The van der Waals surface area contributed by atoms with Crippen molar-refractivity contribution in [2.24, 2.45) is 5.92 Å². The van der Waals surface area contributed by atoms with Crippen molar-refractivity contribution in [2.75, 3.05) is 13.2 Å². The van der Waals surface area contributed by atoms with Crippen molar-refractivity contribution >= 4 is 0 Å². The number of unbranched alkanes of at least 4 members (excludes halogenated alkanes) is 2. The number of nitrogens with one attached hydrogen (secondary N) is 1. The van der Waals surface area contributed by atoms with Crippen molar-refractivity contribution in [3.05, 3.63) is 0 Å². The van der Waals surface area contributed by atoms with Gasteiger partial charge in [0, 0.05) is 12.6 Å². The highest BCUT2D eigenvalue weighted by molar-refractivity contribution is 4.76. The van der Waals surface area contributed by atoms with Gasteiger partial charge in [0.15, 0.2) is 0 Å². The average molecular weight is 299 g/mol. The quantitative estimate of drug-likeness (QED) is 0.569. The van der Waals surface area contributed by atoms with E-state index in [4.69, 9.17) is 4.74 Å². The standard InChI is InChI=1S/C18H37NO2/c1-4-6-7-10-15(3)19-13-17(20)14-21-18-12-9-8-11-16(18)5-2/h15-20H,4-14H2,1-3H3. The molecule has 0 bridgehead atoms. The van der Waals surface area contributed by atoms with Crippen LogP contribution in [0.1, 0.15) is 78.6 Å². The normalized spacial score (nSPS) is 25.7. The molecule has 21 heavy (non-hydrogen) atoms. The molecule has 1 aliphatic carbocycles. The fourth-order valence-corrected chi connectivity index (χ4v) is 3.29. The molecule has 0 saturated heterocycles. The van der Waals surface area contributed by atoms with Crippen LogP contribution in [0, 0.1) is 5.92 Å². The molecule has 126 valence electrons. The summed E-state index contributed by atoms with van der Waals surface area (Å²) in [5.41, 5.74) is 0. The molecule has 0 amide bonds. The number of hydrogen-bond acceptors (Lipinski definition) is 3. The second-order valence-electron chi connectivity index (χ2n) is 6.78. The molecule has 3 nitrogen and oxygen atoms in total. The maximum absolute atomic E-state index is 10.1. The van der Waals surface area contributed by atoms with Crippen LogP contribution < -0.4 is 5.32 Å². The monoisotopic (exact) mass is 299 g/mol. The molecular weight excluding hydrogens is 262 g/mol. The number of hydrogen-bond donors (Lipinski definition) is 2. The molecule has 4 atom stereocenters. The lowest BCUT2D eigenvalue weighted by molar-refractivity contribution is -0.0502. The zero-order valence-electron chi connectivity index (χ0n) is 14.4. The second kappa shape index (κ2) is 11.4. The fraction of sp³-hybridized carbons (Fsp3) is 1.00. The highest BCUT2D eigenvalue weighted by Gasteiger charge is 2.24. The Balaban J connectivity index is 2.11. The van der Waals surface area contributed by atoms with Gasteiger partial charge in [-0.05, 0) is 32.1 Å². The molecule has 0 aromatic carbocycles. The molecule has 0 aliphatic heterocycles.